The zero-order valence-electron chi connectivity index (χ0n) is 13.6. The summed E-state index contributed by atoms with van der Waals surface area (Å²) in [7, 11) is 0. The van der Waals surface area contributed by atoms with Crippen molar-refractivity contribution >= 4 is 11.6 Å². The molecule has 120 valence electrons. The number of piperidine rings is 1. The monoisotopic (exact) mass is 302 g/mol. The molecule has 22 heavy (non-hydrogen) atoms. The first-order valence-corrected chi connectivity index (χ1v) is 8.36. The van der Waals surface area contributed by atoms with Crippen LogP contribution in [-0.4, -0.2) is 42.1 Å². The Morgan fingerprint density at radius 1 is 1.41 bits per heavy atom. The number of likely N-dealkylation sites (tertiary alicyclic amines) is 1. The number of nitrogens with zero attached hydrogens (tertiary/aromatic N) is 2. The average molecular weight is 302 g/mol. The molecule has 0 aliphatic carbocycles. The van der Waals surface area contributed by atoms with Gasteiger partial charge in [0.2, 0.25) is 5.91 Å². The number of anilines is 1. The van der Waals surface area contributed by atoms with E-state index in [1.165, 1.54) is 18.4 Å². The standard InChI is InChI=1S/C18H26N2O2/c1-13-4-3-8-19(11-13)12-18(22)16-5-6-17-15(10-16)7-9-20(17)14(2)21/h5-6,10,13,18,22H,3-4,7-9,11-12H2,1-2H3. The normalized spacial score (nSPS) is 23.4. The van der Waals surface area contributed by atoms with Crippen LogP contribution in [0.2, 0.25) is 0 Å². The van der Waals surface area contributed by atoms with Gasteiger partial charge in [0.1, 0.15) is 0 Å². The number of aliphatic hydroxyl groups is 1. The van der Waals surface area contributed by atoms with Crippen LogP contribution in [0.1, 0.15) is 43.9 Å². The number of aliphatic hydroxyl groups excluding tert-OH is 1. The van der Waals surface area contributed by atoms with E-state index in [2.05, 4.69) is 17.9 Å². The highest BCUT2D eigenvalue weighted by molar-refractivity contribution is 5.93. The van der Waals surface area contributed by atoms with Crippen LogP contribution in [-0.2, 0) is 11.2 Å². The second-order valence-corrected chi connectivity index (χ2v) is 6.83. The van der Waals surface area contributed by atoms with Crippen LogP contribution in [0.4, 0.5) is 5.69 Å². The van der Waals surface area contributed by atoms with Crippen molar-refractivity contribution in [2.75, 3.05) is 31.1 Å². The lowest BCUT2D eigenvalue weighted by molar-refractivity contribution is -0.116. The van der Waals surface area contributed by atoms with Crippen LogP contribution >= 0.6 is 0 Å². The van der Waals surface area contributed by atoms with Crippen molar-refractivity contribution in [1.82, 2.24) is 4.90 Å². The molecule has 2 atom stereocenters. The van der Waals surface area contributed by atoms with Crippen molar-refractivity contribution in [2.24, 2.45) is 5.92 Å². The third-order valence-corrected chi connectivity index (χ3v) is 4.94. The predicted octanol–water partition coefficient (Wildman–Crippen LogP) is 2.36. The highest BCUT2D eigenvalue weighted by atomic mass is 16.3. The van der Waals surface area contributed by atoms with Crippen LogP contribution in [0.25, 0.3) is 0 Å². The van der Waals surface area contributed by atoms with E-state index in [0.29, 0.717) is 6.54 Å². The SMILES string of the molecule is CC(=O)N1CCc2cc(C(O)CN3CCCC(C)C3)ccc21. The van der Waals surface area contributed by atoms with Crippen molar-refractivity contribution in [3.05, 3.63) is 29.3 Å². The number of hydrogen-bond donors (Lipinski definition) is 1. The topological polar surface area (TPSA) is 43.8 Å². The molecule has 1 N–H and O–H groups in total. The molecule has 1 amide bonds. The fraction of sp³-hybridized carbons (Fsp3) is 0.611. The molecule has 1 aromatic carbocycles. The first kappa shape index (κ1) is 15.5. The van der Waals surface area contributed by atoms with E-state index >= 15 is 0 Å². The van der Waals surface area contributed by atoms with Gasteiger partial charge in [-0.25, -0.2) is 0 Å². The van der Waals surface area contributed by atoms with E-state index in [1.54, 1.807) is 6.92 Å². The van der Waals surface area contributed by atoms with Crippen molar-refractivity contribution < 1.29 is 9.90 Å². The van der Waals surface area contributed by atoms with E-state index in [1.807, 2.05) is 17.0 Å². The number of β-amino-alcohol motifs (C(OH)–C–C–N with tert-alkyl or cyclic N) is 1. The molecule has 1 saturated heterocycles. The average Bonchev–Trinajstić information content (AvgIpc) is 2.90. The van der Waals surface area contributed by atoms with Gasteiger partial charge in [-0.05, 0) is 48.9 Å². The molecule has 0 saturated carbocycles. The van der Waals surface area contributed by atoms with Gasteiger partial charge in [0.05, 0.1) is 6.10 Å². The fourth-order valence-corrected chi connectivity index (χ4v) is 3.76. The summed E-state index contributed by atoms with van der Waals surface area (Å²) in [5, 5.41) is 10.5. The summed E-state index contributed by atoms with van der Waals surface area (Å²) in [4.78, 5) is 15.8. The number of amides is 1. The van der Waals surface area contributed by atoms with E-state index in [9.17, 15) is 9.90 Å². The number of benzene rings is 1. The summed E-state index contributed by atoms with van der Waals surface area (Å²) in [5.41, 5.74) is 3.16. The minimum atomic E-state index is -0.443. The lowest BCUT2D eigenvalue weighted by Gasteiger charge is -2.32. The number of rotatable bonds is 3. The zero-order valence-corrected chi connectivity index (χ0v) is 13.6. The number of carbonyl (C=O) groups excluding carboxylic acids is 1. The summed E-state index contributed by atoms with van der Waals surface area (Å²) in [5.74, 6) is 0.819. The van der Waals surface area contributed by atoms with Crippen LogP contribution in [0.3, 0.4) is 0 Å². The molecule has 2 heterocycles. The van der Waals surface area contributed by atoms with Gasteiger partial charge in [-0.2, -0.15) is 0 Å². The Hall–Kier alpha value is -1.39. The third-order valence-electron chi connectivity index (χ3n) is 4.94. The largest absolute Gasteiger partial charge is 0.387 e. The summed E-state index contributed by atoms with van der Waals surface area (Å²) in [6, 6.07) is 6.04. The smallest absolute Gasteiger partial charge is 0.223 e. The highest BCUT2D eigenvalue weighted by Crippen LogP contribution is 2.31. The maximum absolute atomic E-state index is 11.6. The molecule has 3 rings (SSSR count). The van der Waals surface area contributed by atoms with Gasteiger partial charge < -0.3 is 14.9 Å². The van der Waals surface area contributed by atoms with Crippen LogP contribution in [0.5, 0.6) is 0 Å². The lowest BCUT2D eigenvalue weighted by atomic mass is 9.98. The number of fused-ring (bicyclic) bond motifs is 1. The van der Waals surface area contributed by atoms with E-state index in [4.69, 9.17) is 0 Å². The Labute approximate surface area is 132 Å². The lowest BCUT2D eigenvalue weighted by Crippen LogP contribution is -2.37. The molecule has 4 heteroatoms. The summed E-state index contributed by atoms with van der Waals surface area (Å²) in [6.45, 7) is 7.53. The van der Waals surface area contributed by atoms with Gasteiger partial charge >= 0.3 is 0 Å². The Morgan fingerprint density at radius 2 is 2.23 bits per heavy atom. The second kappa shape index (κ2) is 6.39. The first-order chi connectivity index (χ1) is 10.5. The maximum Gasteiger partial charge on any atom is 0.223 e. The number of hydrogen-bond acceptors (Lipinski definition) is 3. The minimum absolute atomic E-state index is 0.0920. The molecule has 0 aromatic heterocycles. The molecule has 1 fully saturated rings. The van der Waals surface area contributed by atoms with Crippen LogP contribution in [0.15, 0.2) is 18.2 Å². The summed E-state index contributed by atoms with van der Waals surface area (Å²) in [6.07, 6.45) is 2.97. The van der Waals surface area contributed by atoms with Crippen LogP contribution < -0.4 is 4.90 Å². The molecule has 2 aliphatic heterocycles. The van der Waals surface area contributed by atoms with Crippen molar-refractivity contribution in [3.8, 4) is 0 Å². The predicted molar refractivity (Wildman–Crippen MR) is 88.0 cm³/mol. The quantitative estimate of drug-likeness (QED) is 0.932. The molecule has 0 radical (unpaired) electrons. The van der Waals surface area contributed by atoms with E-state index in [0.717, 1.165) is 43.2 Å². The van der Waals surface area contributed by atoms with Gasteiger partial charge in [-0.15, -0.1) is 0 Å². The van der Waals surface area contributed by atoms with Gasteiger partial charge in [0.25, 0.3) is 0 Å². The molecule has 2 unspecified atom stereocenters. The third kappa shape index (κ3) is 3.18. The van der Waals surface area contributed by atoms with Crippen molar-refractivity contribution in [1.29, 1.82) is 0 Å². The minimum Gasteiger partial charge on any atom is -0.387 e. The second-order valence-electron chi connectivity index (χ2n) is 6.83. The first-order valence-electron chi connectivity index (χ1n) is 8.36. The maximum atomic E-state index is 11.6. The fourth-order valence-electron chi connectivity index (χ4n) is 3.76. The van der Waals surface area contributed by atoms with Crippen LogP contribution in [0, 0.1) is 5.92 Å². The van der Waals surface area contributed by atoms with Gasteiger partial charge in [0, 0.05) is 32.2 Å². The Morgan fingerprint density at radius 3 is 2.95 bits per heavy atom. The molecular weight excluding hydrogens is 276 g/mol. The highest BCUT2D eigenvalue weighted by Gasteiger charge is 2.24. The summed E-state index contributed by atoms with van der Waals surface area (Å²) < 4.78 is 0. The Kier molecular flexibility index (Phi) is 4.50. The Balaban J connectivity index is 1.69. The van der Waals surface area contributed by atoms with Gasteiger partial charge in [0.15, 0.2) is 0 Å². The number of carbonyl (C=O) groups is 1. The zero-order chi connectivity index (χ0) is 15.7. The van der Waals surface area contributed by atoms with Gasteiger partial charge in [-0.1, -0.05) is 19.1 Å². The molecule has 2 aliphatic rings. The van der Waals surface area contributed by atoms with Crippen molar-refractivity contribution in [3.63, 3.8) is 0 Å². The molecule has 1 aromatic rings. The summed E-state index contributed by atoms with van der Waals surface area (Å²) >= 11 is 0. The molecule has 0 bridgehead atoms. The van der Waals surface area contributed by atoms with E-state index < -0.39 is 6.10 Å². The van der Waals surface area contributed by atoms with E-state index in [-0.39, 0.29) is 5.91 Å². The van der Waals surface area contributed by atoms with Gasteiger partial charge in [-0.3, -0.25) is 4.79 Å². The molecule has 0 spiro atoms. The molecule has 4 nitrogen and oxygen atoms in total. The van der Waals surface area contributed by atoms with Crippen molar-refractivity contribution in [2.45, 2.75) is 39.2 Å². The molecular formula is C18H26N2O2. The Bertz CT molecular complexity index is 558.